The highest BCUT2D eigenvalue weighted by molar-refractivity contribution is 5.27. The van der Waals surface area contributed by atoms with E-state index in [2.05, 4.69) is 24.6 Å². The van der Waals surface area contributed by atoms with Gasteiger partial charge in [-0.05, 0) is 62.3 Å². The van der Waals surface area contributed by atoms with Gasteiger partial charge in [0.25, 0.3) is 0 Å². The van der Waals surface area contributed by atoms with Crippen LogP contribution >= 0.6 is 0 Å². The minimum absolute atomic E-state index is 0.201. The zero-order chi connectivity index (χ0) is 18.5. The van der Waals surface area contributed by atoms with E-state index < -0.39 is 0 Å². The average molecular weight is 359 g/mol. The Morgan fingerprint density at radius 2 is 2.00 bits per heavy atom. The second-order valence-corrected chi connectivity index (χ2v) is 7.67. The molecule has 3 nitrogen and oxygen atoms in total. The molecule has 1 saturated carbocycles. The zero-order valence-electron chi connectivity index (χ0n) is 16.3. The summed E-state index contributed by atoms with van der Waals surface area (Å²) < 4.78 is 21.6. The molecule has 0 amide bonds. The van der Waals surface area contributed by atoms with E-state index in [1.807, 2.05) is 13.0 Å². The largest absolute Gasteiger partial charge is 0.473 e. The summed E-state index contributed by atoms with van der Waals surface area (Å²) in [6.45, 7) is 6.81. The summed E-state index contributed by atoms with van der Waals surface area (Å²) in [6.07, 6.45) is 8.60. The Morgan fingerprint density at radius 3 is 2.69 bits per heavy atom. The number of halogens is 1. The minimum atomic E-state index is -0.201. The molecule has 26 heavy (non-hydrogen) atoms. The van der Waals surface area contributed by atoms with Crippen LogP contribution in [0.15, 0.2) is 24.3 Å². The lowest BCUT2D eigenvalue weighted by atomic mass is 9.85. The normalized spacial score (nSPS) is 16.6. The molecule has 3 rings (SSSR count). The smallest absolute Gasteiger partial charge is 0.212 e. The van der Waals surface area contributed by atoms with Crippen LogP contribution in [0.25, 0.3) is 0 Å². The molecule has 2 aromatic rings. The number of rotatable bonds is 7. The Morgan fingerprint density at radius 1 is 1.23 bits per heavy atom. The predicted molar refractivity (Wildman–Crippen MR) is 103 cm³/mol. The predicted octanol–water partition coefficient (Wildman–Crippen LogP) is 6.00. The monoisotopic (exact) mass is 358 g/mol. The van der Waals surface area contributed by atoms with E-state index in [9.17, 15) is 4.39 Å². The number of ether oxygens (including phenoxy) is 1. The minimum Gasteiger partial charge on any atom is -0.473 e. The van der Waals surface area contributed by atoms with Gasteiger partial charge in [0.2, 0.25) is 5.88 Å². The lowest BCUT2D eigenvalue weighted by molar-refractivity contribution is 0.209. The molecule has 4 heteroatoms. The van der Waals surface area contributed by atoms with Crippen molar-refractivity contribution in [2.24, 2.45) is 5.92 Å². The van der Waals surface area contributed by atoms with Crippen LogP contribution in [0.1, 0.15) is 75.2 Å². The van der Waals surface area contributed by atoms with Crippen molar-refractivity contribution in [2.75, 3.05) is 0 Å². The van der Waals surface area contributed by atoms with E-state index in [1.165, 1.54) is 38.2 Å². The van der Waals surface area contributed by atoms with E-state index in [0.29, 0.717) is 18.6 Å². The quantitative estimate of drug-likeness (QED) is 0.606. The molecule has 0 N–H and O–H groups in total. The van der Waals surface area contributed by atoms with E-state index in [0.717, 1.165) is 35.5 Å². The first-order valence-corrected chi connectivity index (χ1v) is 10.0. The maximum atomic E-state index is 13.3. The van der Waals surface area contributed by atoms with E-state index in [4.69, 9.17) is 9.84 Å². The van der Waals surface area contributed by atoms with Crippen LogP contribution in [-0.2, 0) is 13.0 Å². The Hall–Kier alpha value is -1.84. The van der Waals surface area contributed by atoms with Gasteiger partial charge in [-0.3, -0.25) is 0 Å². The molecule has 0 aliphatic heterocycles. The highest BCUT2D eigenvalue weighted by Crippen LogP contribution is 2.35. The number of aromatic nitrogens is 2. The third-order valence-corrected chi connectivity index (χ3v) is 5.66. The van der Waals surface area contributed by atoms with Gasteiger partial charge in [0, 0.05) is 6.07 Å². The van der Waals surface area contributed by atoms with Crippen molar-refractivity contribution in [3.05, 3.63) is 46.9 Å². The SMILES string of the molecule is CCCc1cc(OCc2ccc(F)cc2C)n(C(C)C2CCCCC2)n1. The Bertz CT molecular complexity index is 719. The average Bonchev–Trinajstić information content (AvgIpc) is 3.04. The summed E-state index contributed by atoms with van der Waals surface area (Å²) in [6, 6.07) is 7.30. The van der Waals surface area contributed by atoms with Crippen molar-refractivity contribution in [1.82, 2.24) is 9.78 Å². The van der Waals surface area contributed by atoms with Gasteiger partial charge >= 0.3 is 0 Å². The van der Waals surface area contributed by atoms with Gasteiger partial charge in [-0.15, -0.1) is 0 Å². The van der Waals surface area contributed by atoms with Crippen molar-refractivity contribution in [1.29, 1.82) is 0 Å². The van der Waals surface area contributed by atoms with E-state index in [1.54, 1.807) is 6.07 Å². The van der Waals surface area contributed by atoms with Gasteiger partial charge in [-0.2, -0.15) is 5.10 Å². The van der Waals surface area contributed by atoms with Gasteiger partial charge in [-0.1, -0.05) is 38.7 Å². The molecule has 142 valence electrons. The molecular weight excluding hydrogens is 327 g/mol. The number of benzene rings is 1. The van der Waals surface area contributed by atoms with Crippen LogP contribution in [0.5, 0.6) is 5.88 Å². The molecule has 0 spiro atoms. The standard InChI is InChI=1S/C22H31FN2O/c1-4-8-21-14-22(26-15-19-11-12-20(23)13-16(19)2)25(24-21)17(3)18-9-6-5-7-10-18/h11-14,17-18H,4-10,15H2,1-3H3. The molecule has 0 saturated heterocycles. The fourth-order valence-corrected chi connectivity index (χ4v) is 3.99. The number of hydrogen-bond acceptors (Lipinski definition) is 2. The van der Waals surface area contributed by atoms with Crippen LogP contribution in [0.2, 0.25) is 0 Å². The van der Waals surface area contributed by atoms with Crippen LogP contribution < -0.4 is 4.74 Å². The molecule has 0 bridgehead atoms. The molecule has 1 atom stereocenters. The van der Waals surface area contributed by atoms with Crippen LogP contribution in [-0.4, -0.2) is 9.78 Å². The fraction of sp³-hybridized carbons (Fsp3) is 0.591. The molecule has 1 aliphatic rings. The van der Waals surface area contributed by atoms with Crippen molar-refractivity contribution in [3.63, 3.8) is 0 Å². The second kappa shape index (κ2) is 8.70. The van der Waals surface area contributed by atoms with Crippen molar-refractivity contribution < 1.29 is 9.13 Å². The number of aryl methyl sites for hydroxylation is 2. The van der Waals surface area contributed by atoms with Crippen molar-refractivity contribution in [3.8, 4) is 5.88 Å². The fourth-order valence-electron chi connectivity index (χ4n) is 3.99. The number of hydrogen-bond donors (Lipinski definition) is 0. The Balaban J connectivity index is 1.78. The molecule has 1 aromatic heterocycles. The third-order valence-electron chi connectivity index (χ3n) is 5.66. The first-order valence-electron chi connectivity index (χ1n) is 10.0. The maximum absolute atomic E-state index is 13.3. The van der Waals surface area contributed by atoms with Gasteiger partial charge in [-0.25, -0.2) is 9.07 Å². The van der Waals surface area contributed by atoms with Gasteiger partial charge < -0.3 is 4.74 Å². The van der Waals surface area contributed by atoms with Crippen LogP contribution in [0, 0.1) is 18.7 Å². The molecule has 1 aromatic carbocycles. The van der Waals surface area contributed by atoms with E-state index in [-0.39, 0.29) is 5.82 Å². The highest BCUT2D eigenvalue weighted by Gasteiger charge is 2.25. The summed E-state index contributed by atoms with van der Waals surface area (Å²) in [5, 5.41) is 4.86. The maximum Gasteiger partial charge on any atom is 0.212 e. The summed E-state index contributed by atoms with van der Waals surface area (Å²) in [7, 11) is 0. The molecule has 1 fully saturated rings. The topological polar surface area (TPSA) is 27.1 Å². The van der Waals surface area contributed by atoms with Crippen molar-refractivity contribution in [2.45, 2.75) is 78.4 Å². The summed E-state index contributed by atoms with van der Waals surface area (Å²) in [5.74, 6) is 1.32. The zero-order valence-corrected chi connectivity index (χ0v) is 16.3. The molecular formula is C22H31FN2O. The summed E-state index contributed by atoms with van der Waals surface area (Å²) >= 11 is 0. The lowest BCUT2D eigenvalue weighted by Gasteiger charge is -2.28. The number of nitrogens with zero attached hydrogens (tertiary/aromatic N) is 2. The molecule has 0 radical (unpaired) electrons. The first kappa shape index (κ1) is 18.9. The molecule has 1 heterocycles. The van der Waals surface area contributed by atoms with Gasteiger partial charge in [0.1, 0.15) is 12.4 Å². The van der Waals surface area contributed by atoms with Crippen LogP contribution in [0.3, 0.4) is 0 Å². The third kappa shape index (κ3) is 4.46. The molecule has 1 aliphatic carbocycles. The van der Waals surface area contributed by atoms with Crippen molar-refractivity contribution >= 4 is 0 Å². The Labute approximate surface area is 156 Å². The highest BCUT2D eigenvalue weighted by atomic mass is 19.1. The molecule has 1 unspecified atom stereocenters. The second-order valence-electron chi connectivity index (χ2n) is 7.67. The van der Waals surface area contributed by atoms with Crippen LogP contribution in [0.4, 0.5) is 4.39 Å². The summed E-state index contributed by atoms with van der Waals surface area (Å²) in [5.41, 5.74) is 3.03. The van der Waals surface area contributed by atoms with Gasteiger partial charge in [0.05, 0.1) is 11.7 Å². The van der Waals surface area contributed by atoms with Gasteiger partial charge in [0.15, 0.2) is 0 Å². The lowest BCUT2D eigenvalue weighted by Crippen LogP contribution is -2.21. The van der Waals surface area contributed by atoms with E-state index >= 15 is 0 Å². The summed E-state index contributed by atoms with van der Waals surface area (Å²) in [4.78, 5) is 0. The first-order chi connectivity index (χ1) is 12.6. The Kier molecular flexibility index (Phi) is 6.33.